The van der Waals surface area contributed by atoms with Crippen LogP contribution in [0.5, 0.6) is 0 Å². The Labute approximate surface area is 181 Å². The van der Waals surface area contributed by atoms with E-state index in [1.807, 2.05) is 0 Å². The minimum absolute atomic E-state index is 0.0236. The van der Waals surface area contributed by atoms with Crippen molar-refractivity contribution in [3.63, 3.8) is 0 Å². The van der Waals surface area contributed by atoms with Crippen molar-refractivity contribution in [1.29, 1.82) is 0 Å². The van der Waals surface area contributed by atoms with Gasteiger partial charge in [0, 0.05) is 30.6 Å². The number of amides is 1. The summed E-state index contributed by atoms with van der Waals surface area (Å²) in [6.07, 6.45) is -0.249. The summed E-state index contributed by atoms with van der Waals surface area (Å²) < 4.78 is 48.2. The van der Waals surface area contributed by atoms with E-state index >= 15 is 0 Å². The maximum Gasteiger partial charge on any atom is 0.333 e. The second kappa shape index (κ2) is 7.79. The smallest absolute Gasteiger partial charge is 0.333 e. The van der Waals surface area contributed by atoms with Crippen LogP contribution in [0.2, 0.25) is 0 Å². The molecule has 1 amide bonds. The van der Waals surface area contributed by atoms with Crippen molar-refractivity contribution < 1.29 is 22.4 Å². The van der Waals surface area contributed by atoms with E-state index in [1.165, 1.54) is 24.0 Å². The van der Waals surface area contributed by atoms with E-state index in [1.54, 1.807) is 6.92 Å². The van der Waals surface area contributed by atoms with E-state index < -0.39 is 34.6 Å². The van der Waals surface area contributed by atoms with Crippen LogP contribution in [0.25, 0.3) is 22.4 Å². The standard InChI is InChI=1S/C20H15F3N4O4S/c1-8-10(14-17(29)26(2)20(30)27(3)18(14)31-8)6-13(28)25-19-24-12(7-32-19)9-4-5-11(21)16(23)15(9)22/h4-5,7H,6H2,1-3H3,(H,24,25,28). The molecular formula is C20H15F3N4O4S. The fourth-order valence-electron chi connectivity index (χ4n) is 3.30. The molecule has 1 N–H and O–H groups in total. The Morgan fingerprint density at radius 3 is 2.59 bits per heavy atom. The van der Waals surface area contributed by atoms with Crippen LogP contribution < -0.4 is 16.6 Å². The van der Waals surface area contributed by atoms with Gasteiger partial charge in [-0.15, -0.1) is 11.3 Å². The molecule has 166 valence electrons. The van der Waals surface area contributed by atoms with Crippen molar-refractivity contribution in [2.75, 3.05) is 5.32 Å². The number of nitrogens with one attached hydrogen (secondary N) is 1. The van der Waals surface area contributed by atoms with Gasteiger partial charge < -0.3 is 9.73 Å². The number of fused-ring (bicyclic) bond motifs is 1. The van der Waals surface area contributed by atoms with E-state index in [4.69, 9.17) is 4.42 Å². The van der Waals surface area contributed by atoms with Crippen LogP contribution in [0.4, 0.5) is 18.3 Å². The Bertz CT molecular complexity index is 1520. The number of benzene rings is 1. The Hall–Kier alpha value is -3.67. The van der Waals surface area contributed by atoms with E-state index in [9.17, 15) is 27.6 Å². The van der Waals surface area contributed by atoms with Crippen LogP contribution in [-0.4, -0.2) is 20.0 Å². The Kier molecular flexibility index (Phi) is 5.25. The second-order valence-corrected chi connectivity index (χ2v) is 7.87. The molecule has 0 fully saturated rings. The zero-order valence-electron chi connectivity index (χ0n) is 17.0. The van der Waals surface area contributed by atoms with Crippen LogP contribution in [0, 0.1) is 24.4 Å². The first-order valence-corrected chi connectivity index (χ1v) is 10.0. The topological polar surface area (TPSA) is 99.1 Å². The zero-order chi connectivity index (χ0) is 23.3. The van der Waals surface area contributed by atoms with Crippen LogP contribution in [-0.2, 0) is 25.3 Å². The molecule has 32 heavy (non-hydrogen) atoms. The van der Waals surface area contributed by atoms with Gasteiger partial charge in [-0.1, -0.05) is 0 Å². The molecule has 0 spiro atoms. The first-order valence-electron chi connectivity index (χ1n) is 9.17. The van der Waals surface area contributed by atoms with Crippen molar-refractivity contribution in [3.8, 4) is 11.3 Å². The third-order valence-corrected chi connectivity index (χ3v) is 5.74. The molecule has 8 nitrogen and oxygen atoms in total. The summed E-state index contributed by atoms with van der Waals surface area (Å²) in [5.41, 5.74) is -1.00. The first kappa shape index (κ1) is 21.6. The summed E-state index contributed by atoms with van der Waals surface area (Å²) in [5, 5.41) is 4.13. The monoisotopic (exact) mass is 464 g/mol. The predicted octanol–water partition coefficient (Wildman–Crippen LogP) is 2.86. The molecule has 3 heterocycles. The zero-order valence-corrected chi connectivity index (χ0v) is 17.8. The summed E-state index contributed by atoms with van der Waals surface area (Å²) in [5.74, 6) is -4.55. The van der Waals surface area contributed by atoms with Crippen molar-refractivity contribution in [3.05, 3.63) is 67.1 Å². The molecule has 0 aliphatic carbocycles. The first-order chi connectivity index (χ1) is 15.1. The van der Waals surface area contributed by atoms with E-state index in [2.05, 4.69) is 10.3 Å². The minimum atomic E-state index is -1.61. The Morgan fingerprint density at radius 2 is 1.88 bits per heavy atom. The highest BCUT2D eigenvalue weighted by atomic mass is 32.1. The van der Waals surface area contributed by atoms with Gasteiger partial charge in [-0.3, -0.25) is 18.7 Å². The summed E-state index contributed by atoms with van der Waals surface area (Å²) in [6, 6.07) is 1.83. The van der Waals surface area contributed by atoms with Crippen LogP contribution in [0.3, 0.4) is 0 Å². The molecule has 0 atom stereocenters. The number of aromatic nitrogens is 3. The fourth-order valence-corrected chi connectivity index (χ4v) is 4.03. The number of anilines is 1. The lowest BCUT2D eigenvalue weighted by Gasteiger charge is -2.04. The number of rotatable bonds is 4. The highest BCUT2D eigenvalue weighted by Gasteiger charge is 2.22. The van der Waals surface area contributed by atoms with Crippen molar-refractivity contribution in [2.45, 2.75) is 13.3 Å². The molecule has 12 heteroatoms. The highest BCUT2D eigenvalue weighted by molar-refractivity contribution is 7.14. The molecular weight excluding hydrogens is 449 g/mol. The van der Waals surface area contributed by atoms with Crippen molar-refractivity contribution in [2.24, 2.45) is 14.1 Å². The molecule has 3 aromatic heterocycles. The van der Waals surface area contributed by atoms with Crippen LogP contribution in [0.1, 0.15) is 11.3 Å². The quantitative estimate of drug-likeness (QED) is 0.469. The lowest BCUT2D eigenvalue weighted by molar-refractivity contribution is -0.115. The lowest BCUT2D eigenvalue weighted by atomic mass is 10.1. The van der Waals surface area contributed by atoms with Crippen LogP contribution >= 0.6 is 11.3 Å². The number of thiazole rings is 1. The third-order valence-electron chi connectivity index (χ3n) is 4.99. The molecule has 4 aromatic rings. The maximum absolute atomic E-state index is 14.0. The predicted molar refractivity (Wildman–Crippen MR) is 111 cm³/mol. The van der Waals surface area contributed by atoms with Crippen LogP contribution in [0.15, 0.2) is 31.5 Å². The molecule has 0 radical (unpaired) electrons. The summed E-state index contributed by atoms with van der Waals surface area (Å²) in [4.78, 5) is 41.3. The average Bonchev–Trinajstić information content (AvgIpc) is 3.34. The summed E-state index contributed by atoms with van der Waals surface area (Å²) in [6.45, 7) is 1.57. The van der Waals surface area contributed by atoms with Crippen molar-refractivity contribution >= 4 is 33.5 Å². The third kappa shape index (κ3) is 3.42. The van der Waals surface area contributed by atoms with Gasteiger partial charge in [-0.2, -0.15) is 0 Å². The van der Waals surface area contributed by atoms with E-state index in [0.29, 0.717) is 11.3 Å². The molecule has 4 rings (SSSR count). The van der Waals surface area contributed by atoms with Crippen molar-refractivity contribution in [1.82, 2.24) is 14.1 Å². The van der Waals surface area contributed by atoms with Gasteiger partial charge in [0.25, 0.3) is 5.56 Å². The fraction of sp³-hybridized carbons (Fsp3) is 0.200. The number of nitrogens with zero attached hydrogens (tertiary/aromatic N) is 3. The minimum Gasteiger partial charge on any atom is -0.444 e. The number of halogens is 3. The Balaban J connectivity index is 1.62. The SMILES string of the molecule is Cc1oc2c(c1CC(=O)Nc1nc(-c3ccc(F)c(F)c3F)cs1)c(=O)n(C)c(=O)n2C. The maximum atomic E-state index is 14.0. The molecule has 0 aliphatic heterocycles. The van der Waals surface area contributed by atoms with Gasteiger partial charge >= 0.3 is 5.69 Å². The van der Waals surface area contributed by atoms with Gasteiger partial charge in [-0.25, -0.2) is 22.9 Å². The van der Waals surface area contributed by atoms with Gasteiger partial charge in [0.05, 0.1) is 12.1 Å². The van der Waals surface area contributed by atoms with Gasteiger partial charge in [0.15, 0.2) is 22.6 Å². The summed E-state index contributed by atoms with van der Waals surface area (Å²) in [7, 11) is 2.77. The number of hydrogen-bond donors (Lipinski definition) is 1. The van der Waals surface area contributed by atoms with E-state index in [0.717, 1.165) is 28.0 Å². The summed E-state index contributed by atoms with van der Waals surface area (Å²) >= 11 is 0.961. The molecule has 0 saturated carbocycles. The second-order valence-electron chi connectivity index (χ2n) is 7.01. The molecule has 1 aromatic carbocycles. The number of carbonyl (C=O) groups excluding carboxylic acids is 1. The molecule has 0 saturated heterocycles. The lowest BCUT2D eigenvalue weighted by Crippen LogP contribution is -2.36. The number of carbonyl (C=O) groups is 1. The van der Waals surface area contributed by atoms with E-state index in [-0.39, 0.29) is 33.9 Å². The normalized spacial score (nSPS) is 11.3. The number of aryl methyl sites for hydroxylation is 2. The molecule has 0 bridgehead atoms. The van der Waals surface area contributed by atoms with Gasteiger partial charge in [0.2, 0.25) is 11.6 Å². The van der Waals surface area contributed by atoms with Gasteiger partial charge in [-0.05, 0) is 19.1 Å². The molecule has 0 unspecified atom stereocenters. The largest absolute Gasteiger partial charge is 0.444 e. The Morgan fingerprint density at radius 1 is 1.16 bits per heavy atom. The number of hydrogen-bond acceptors (Lipinski definition) is 6. The van der Waals surface area contributed by atoms with Gasteiger partial charge in [0.1, 0.15) is 11.1 Å². The average molecular weight is 464 g/mol. The number of furan rings is 1. The molecule has 0 aliphatic rings. The highest BCUT2D eigenvalue weighted by Crippen LogP contribution is 2.29.